The summed E-state index contributed by atoms with van der Waals surface area (Å²) in [7, 11) is 1.71. The number of aromatic nitrogens is 2. The normalized spacial score (nSPS) is 11.9. The zero-order valence-corrected chi connectivity index (χ0v) is 21.1. The van der Waals surface area contributed by atoms with Gasteiger partial charge in [0.2, 0.25) is 0 Å². The Labute approximate surface area is 208 Å². The number of esters is 1. The Morgan fingerprint density at radius 3 is 2.28 bits per heavy atom. The number of para-hydroxylation sites is 1. The summed E-state index contributed by atoms with van der Waals surface area (Å²) >= 11 is 0. The average molecular weight is 495 g/mol. The molecule has 0 aliphatic heterocycles. The van der Waals surface area contributed by atoms with Crippen molar-refractivity contribution in [2.75, 3.05) is 10.6 Å². The number of anilines is 2. The third-order valence-corrected chi connectivity index (χ3v) is 5.20. The van der Waals surface area contributed by atoms with Crippen LogP contribution in [0.15, 0.2) is 59.4 Å². The average Bonchev–Trinajstić information content (AvgIpc) is 3.01. The van der Waals surface area contributed by atoms with E-state index >= 15 is 0 Å². The number of hydrogen-bond donors (Lipinski definition) is 2. The maximum absolute atomic E-state index is 13.0. The molecule has 1 aromatic heterocycles. The number of rotatable bonds is 6. The van der Waals surface area contributed by atoms with Gasteiger partial charge in [0.1, 0.15) is 11.3 Å². The van der Waals surface area contributed by atoms with Gasteiger partial charge in [0, 0.05) is 12.7 Å². The van der Waals surface area contributed by atoms with Crippen LogP contribution in [0.1, 0.15) is 43.7 Å². The fourth-order valence-corrected chi connectivity index (χ4v) is 3.36. The zero-order chi connectivity index (χ0) is 26.6. The lowest BCUT2D eigenvalue weighted by molar-refractivity contribution is -0.123. The van der Waals surface area contributed by atoms with E-state index in [2.05, 4.69) is 10.6 Å². The van der Waals surface area contributed by atoms with Crippen molar-refractivity contribution in [3.63, 3.8) is 0 Å². The van der Waals surface area contributed by atoms with Crippen LogP contribution >= 0.6 is 0 Å². The molecule has 0 spiro atoms. The molecular weight excluding hydrogens is 464 g/mol. The van der Waals surface area contributed by atoms with Crippen molar-refractivity contribution in [3.05, 3.63) is 76.2 Å². The second-order valence-corrected chi connectivity index (χ2v) is 9.18. The minimum Gasteiger partial charge on any atom is -0.449 e. The maximum atomic E-state index is 13.0. The molecule has 0 unspecified atom stereocenters. The molecule has 2 amide bonds. The number of nitrogens with one attached hydrogen (secondary N) is 2. The number of carbonyl (C=O) groups excluding carboxylic acids is 3. The van der Waals surface area contributed by atoms with Gasteiger partial charge in [0.05, 0.1) is 16.9 Å². The lowest BCUT2D eigenvalue weighted by Crippen LogP contribution is -2.32. The number of ether oxygens (including phenoxy) is 2. The van der Waals surface area contributed by atoms with Crippen molar-refractivity contribution in [1.29, 1.82) is 0 Å². The molecule has 3 aromatic rings. The molecule has 1 heterocycles. The lowest BCUT2D eigenvalue weighted by atomic mass is 10.2. The van der Waals surface area contributed by atoms with Crippen LogP contribution in [0.25, 0.3) is 5.69 Å². The highest BCUT2D eigenvalue weighted by molar-refractivity contribution is 5.98. The third-order valence-electron chi connectivity index (χ3n) is 5.20. The van der Waals surface area contributed by atoms with Crippen LogP contribution < -0.4 is 16.2 Å². The van der Waals surface area contributed by atoms with E-state index in [1.807, 2.05) is 18.2 Å². The van der Waals surface area contributed by atoms with Gasteiger partial charge in [-0.2, -0.15) is 0 Å². The minimum absolute atomic E-state index is 0.0952. The van der Waals surface area contributed by atoms with Crippen molar-refractivity contribution >= 4 is 29.3 Å². The second kappa shape index (κ2) is 10.5. The Morgan fingerprint density at radius 1 is 0.972 bits per heavy atom. The molecule has 0 bridgehead atoms. The van der Waals surface area contributed by atoms with Crippen LogP contribution in [0.3, 0.4) is 0 Å². The predicted molar refractivity (Wildman–Crippen MR) is 136 cm³/mol. The molecule has 0 fully saturated rings. The topological polar surface area (TPSA) is 121 Å². The van der Waals surface area contributed by atoms with Crippen molar-refractivity contribution in [1.82, 2.24) is 9.36 Å². The van der Waals surface area contributed by atoms with E-state index in [-0.39, 0.29) is 11.3 Å². The summed E-state index contributed by atoms with van der Waals surface area (Å²) in [6.07, 6.45) is -1.86. The third kappa shape index (κ3) is 6.21. The van der Waals surface area contributed by atoms with Gasteiger partial charge in [-0.25, -0.2) is 14.3 Å². The highest BCUT2D eigenvalue weighted by atomic mass is 16.6. The molecule has 10 heteroatoms. The van der Waals surface area contributed by atoms with E-state index < -0.39 is 35.2 Å². The van der Waals surface area contributed by atoms with E-state index in [4.69, 9.17) is 9.47 Å². The van der Waals surface area contributed by atoms with Crippen LogP contribution in [0.2, 0.25) is 0 Å². The largest absolute Gasteiger partial charge is 0.449 e. The van der Waals surface area contributed by atoms with Gasteiger partial charge in [-0.15, -0.1) is 0 Å². The van der Waals surface area contributed by atoms with Crippen LogP contribution in [0.4, 0.5) is 16.2 Å². The molecule has 2 aromatic carbocycles. The van der Waals surface area contributed by atoms with Crippen molar-refractivity contribution < 1.29 is 23.9 Å². The first kappa shape index (κ1) is 26.3. The molecule has 3 rings (SSSR count). The summed E-state index contributed by atoms with van der Waals surface area (Å²) in [6, 6.07) is 15.1. The van der Waals surface area contributed by atoms with Crippen molar-refractivity contribution in [3.8, 4) is 5.69 Å². The highest BCUT2D eigenvalue weighted by Crippen LogP contribution is 2.17. The Balaban J connectivity index is 1.69. The second-order valence-electron chi connectivity index (χ2n) is 9.18. The number of amides is 2. The standard InChI is InChI=1S/C26H30N4O6/c1-16-21(23(32)30(29(16)6)20-13-8-7-9-14-20)28-22(31)17(2)35-24(33)18-11-10-12-19(15-18)27-25(34)36-26(3,4)5/h7-15,17H,1-6H3,(H,27,34)(H,28,31)/t17-/m1/s1. The van der Waals surface area contributed by atoms with E-state index in [0.29, 0.717) is 17.1 Å². The molecule has 2 N–H and O–H groups in total. The summed E-state index contributed by atoms with van der Waals surface area (Å²) in [5.41, 5.74) is 0.657. The molecule has 0 aliphatic carbocycles. The first-order valence-electron chi connectivity index (χ1n) is 11.3. The van der Waals surface area contributed by atoms with Crippen molar-refractivity contribution in [2.45, 2.75) is 46.3 Å². The number of benzene rings is 2. The van der Waals surface area contributed by atoms with E-state index in [1.54, 1.807) is 63.7 Å². The first-order valence-corrected chi connectivity index (χ1v) is 11.3. The Morgan fingerprint density at radius 2 is 1.64 bits per heavy atom. The molecule has 190 valence electrons. The summed E-state index contributed by atoms with van der Waals surface area (Å²) in [5, 5.41) is 5.13. The summed E-state index contributed by atoms with van der Waals surface area (Å²) in [5.74, 6) is -1.42. The summed E-state index contributed by atoms with van der Waals surface area (Å²) in [4.78, 5) is 50.4. The minimum atomic E-state index is -1.19. The molecule has 1 atom stereocenters. The van der Waals surface area contributed by atoms with Gasteiger partial charge in [0.25, 0.3) is 11.5 Å². The van der Waals surface area contributed by atoms with E-state index in [0.717, 1.165) is 0 Å². The molecule has 0 saturated carbocycles. The van der Waals surface area contributed by atoms with Crippen LogP contribution in [0, 0.1) is 6.92 Å². The van der Waals surface area contributed by atoms with Gasteiger partial charge in [-0.05, 0) is 65.0 Å². The van der Waals surface area contributed by atoms with Gasteiger partial charge in [-0.3, -0.25) is 19.6 Å². The van der Waals surface area contributed by atoms with Gasteiger partial charge >= 0.3 is 12.1 Å². The number of carbonyl (C=O) groups is 3. The molecule has 36 heavy (non-hydrogen) atoms. The first-order chi connectivity index (χ1) is 16.9. The molecular formula is C26H30N4O6. The van der Waals surface area contributed by atoms with Crippen LogP contribution in [-0.4, -0.2) is 39.0 Å². The smallest absolute Gasteiger partial charge is 0.412 e. The Kier molecular flexibility index (Phi) is 7.67. The van der Waals surface area contributed by atoms with Crippen LogP contribution in [-0.2, 0) is 21.3 Å². The Hall–Kier alpha value is -4.34. The van der Waals surface area contributed by atoms with Crippen LogP contribution in [0.5, 0.6) is 0 Å². The van der Waals surface area contributed by atoms with Gasteiger partial charge in [0.15, 0.2) is 6.10 Å². The summed E-state index contributed by atoms with van der Waals surface area (Å²) < 4.78 is 13.6. The van der Waals surface area contributed by atoms with E-state index in [9.17, 15) is 19.2 Å². The zero-order valence-electron chi connectivity index (χ0n) is 21.1. The molecule has 0 aliphatic rings. The monoisotopic (exact) mass is 494 g/mol. The highest BCUT2D eigenvalue weighted by Gasteiger charge is 2.24. The SMILES string of the molecule is Cc1c(NC(=O)[C@@H](C)OC(=O)c2cccc(NC(=O)OC(C)(C)C)c2)c(=O)n(-c2ccccc2)n1C. The number of nitrogens with zero attached hydrogens (tertiary/aromatic N) is 2. The predicted octanol–water partition coefficient (Wildman–Crippen LogP) is 4.02. The molecule has 10 nitrogen and oxygen atoms in total. The van der Waals surface area contributed by atoms with E-state index in [1.165, 1.54) is 23.7 Å². The molecule has 0 saturated heterocycles. The lowest BCUT2D eigenvalue weighted by Gasteiger charge is -2.19. The number of hydrogen-bond acceptors (Lipinski definition) is 6. The fraction of sp³-hybridized carbons (Fsp3) is 0.308. The molecule has 0 radical (unpaired) electrons. The maximum Gasteiger partial charge on any atom is 0.412 e. The van der Waals surface area contributed by atoms with Gasteiger partial charge < -0.3 is 14.8 Å². The van der Waals surface area contributed by atoms with Gasteiger partial charge in [-0.1, -0.05) is 24.3 Å². The fourth-order valence-electron chi connectivity index (χ4n) is 3.36. The Bertz CT molecular complexity index is 1330. The summed E-state index contributed by atoms with van der Waals surface area (Å²) in [6.45, 7) is 8.32. The van der Waals surface area contributed by atoms with Crippen molar-refractivity contribution in [2.24, 2.45) is 7.05 Å². The quantitative estimate of drug-likeness (QED) is 0.500.